The Labute approximate surface area is 111 Å². The van der Waals surface area contributed by atoms with Gasteiger partial charge in [-0.15, -0.1) is 0 Å². The molecule has 1 fully saturated rings. The van der Waals surface area contributed by atoms with Crippen LogP contribution in [-0.2, 0) is 11.3 Å². The highest BCUT2D eigenvalue weighted by Crippen LogP contribution is 2.22. The van der Waals surface area contributed by atoms with Crippen molar-refractivity contribution in [1.82, 2.24) is 10.3 Å². The first-order chi connectivity index (χ1) is 8.83. The normalized spacial score (nSPS) is 20.4. The zero-order valence-electron chi connectivity index (χ0n) is 10.2. The quantitative estimate of drug-likeness (QED) is 0.894. The van der Waals surface area contributed by atoms with Crippen molar-refractivity contribution < 1.29 is 4.74 Å². The molecule has 1 aliphatic rings. The van der Waals surface area contributed by atoms with E-state index in [-0.39, 0.29) is 0 Å². The summed E-state index contributed by atoms with van der Waals surface area (Å²) in [6, 6.07) is 6.45. The van der Waals surface area contributed by atoms with Crippen LogP contribution in [0.15, 0.2) is 24.4 Å². The molecule has 1 aromatic heterocycles. The molecule has 2 heterocycles. The van der Waals surface area contributed by atoms with Gasteiger partial charge in [-0.25, -0.2) is 0 Å². The van der Waals surface area contributed by atoms with Crippen LogP contribution in [0.4, 0.5) is 0 Å². The van der Waals surface area contributed by atoms with Crippen LogP contribution in [0.5, 0.6) is 0 Å². The van der Waals surface area contributed by atoms with Gasteiger partial charge in [-0.1, -0.05) is 17.7 Å². The summed E-state index contributed by atoms with van der Waals surface area (Å²) < 4.78 is 5.47. The lowest BCUT2D eigenvalue weighted by atomic mass is 10.1. The molecule has 0 amide bonds. The van der Waals surface area contributed by atoms with Gasteiger partial charge in [0.2, 0.25) is 0 Å². The molecule has 4 heteroatoms. The van der Waals surface area contributed by atoms with Gasteiger partial charge in [0.1, 0.15) is 0 Å². The molecule has 3 rings (SSSR count). The van der Waals surface area contributed by atoms with Crippen molar-refractivity contribution >= 4 is 22.5 Å². The number of hydrogen-bond acceptors (Lipinski definition) is 2. The van der Waals surface area contributed by atoms with Crippen LogP contribution in [0.1, 0.15) is 18.4 Å². The molecule has 96 valence electrons. The van der Waals surface area contributed by atoms with Crippen molar-refractivity contribution in [3.8, 4) is 0 Å². The number of rotatable bonds is 3. The number of halogens is 1. The van der Waals surface area contributed by atoms with Gasteiger partial charge in [-0.05, 0) is 30.5 Å². The summed E-state index contributed by atoms with van der Waals surface area (Å²) in [5.41, 5.74) is 2.38. The molecule has 1 saturated heterocycles. The number of ether oxygens (including phenoxy) is 1. The van der Waals surface area contributed by atoms with E-state index in [1.165, 1.54) is 17.4 Å². The van der Waals surface area contributed by atoms with Crippen molar-refractivity contribution in [3.63, 3.8) is 0 Å². The van der Waals surface area contributed by atoms with E-state index in [0.29, 0.717) is 6.04 Å². The smallest absolute Gasteiger partial charge is 0.0619 e. The highest BCUT2D eigenvalue weighted by Gasteiger charge is 2.13. The Balaban J connectivity index is 1.70. The molecule has 2 N–H and O–H groups in total. The molecule has 0 aliphatic carbocycles. The van der Waals surface area contributed by atoms with Gasteiger partial charge < -0.3 is 15.0 Å². The third-order valence-electron chi connectivity index (χ3n) is 3.47. The minimum absolute atomic E-state index is 0.482. The van der Waals surface area contributed by atoms with Crippen molar-refractivity contribution in [2.75, 3.05) is 13.2 Å². The third-order valence-corrected chi connectivity index (χ3v) is 3.71. The van der Waals surface area contributed by atoms with Crippen LogP contribution in [0.25, 0.3) is 10.9 Å². The summed E-state index contributed by atoms with van der Waals surface area (Å²) in [7, 11) is 0. The topological polar surface area (TPSA) is 37.0 Å². The summed E-state index contributed by atoms with van der Waals surface area (Å²) in [6.45, 7) is 2.60. The molecule has 1 aliphatic heterocycles. The van der Waals surface area contributed by atoms with Crippen LogP contribution < -0.4 is 5.32 Å². The Kier molecular flexibility index (Phi) is 3.55. The first-order valence-corrected chi connectivity index (χ1v) is 6.77. The molecule has 0 bridgehead atoms. The molecule has 0 saturated carbocycles. The highest BCUT2D eigenvalue weighted by molar-refractivity contribution is 6.31. The van der Waals surface area contributed by atoms with Crippen molar-refractivity contribution in [3.05, 3.63) is 35.0 Å². The minimum Gasteiger partial charge on any atom is -0.380 e. The first kappa shape index (κ1) is 12.0. The number of aromatic amines is 1. The molecule has 18 heavy (non-hydrogen) atoms. The lowest BCUT2D eigenvalue weighted by Gasteiger charge is -2.23. The van der Waals surface area contributed by atoms with E-state index in [1.54, 1.807) is 0 Å². The Morgan fingerprint density at radius 1 is 1.44 bits per heavy atom. The third kappa shape index (κ3) is 2.53. The predicted molar refractivity (Wildman–Crippen MR) is 74.0 cm³/mol. The lowest BCUT2D eigenvalue weighted by Crippen LogP contribution is -2.36. The van der Waals surface area contributed by atoms with Crippen LogP contribution >= 0.6 is 11.6 Å². The van der Waals surface area contributed by atoms with E-state index in [4.69, 9.17) is 16.3 Å². The number of fused-ring (bicyclic) bond motifs is 1. The molecular formula is C14H17ClN2O. The van der Waals surface area contributed by atoms with E-state index < -0.39 is 0 Å². The summed E-state index contributed by atoms with van der Waals surface area (Å²) >= 11 is 5.97. The van der Waals surface area contributed by atoms with Gasteiger partial charge in [0.25, 0.3) is 0 Å². The zero-order chi connectivity index (χ0) is 12.4. The maximum absolute atomic E-state index is 5.97. The monoisotopic (exact) mass is 264 g/mol. The number of nitrogens with one attached hydrogen (secondary N) is 2. The second kappa shape index (κ2) is 5.31. The Bertz CT molecular complexity index is 532. The van der Waals surface area contributed by atoms with Crippen LogP contribution in [0.2, 0.25) is 5.02 Å². The number of hydrogen-bond donors (Lipinski definition) is 2. The second-order valence-electron chi connectivity index (χ2n) is 4.80. The SMILES string of the molecule is Clc1ccc2c(CNC3CCCOC3)c[nH]c2c1. The van der Waals surface area contributed by atoms with Gasteiger partial charge in [0.05, 0.1) is 6.61 Å². The first-order valence-electron chi connectivity index (χ1n) is 6.39. The molecule has 1 unspecified atom stereocenters. The van der Waals surface area contributed by atoms with Gasteiger partial charge in [-0.2, -0.15) is 0 Å². The largest absolute Gasteiger partial charge is 0.380 e. The van der Waals surface area contributed by atoms with E-state index in [9.17, 15) is 0 Å². The summed E-state index contributed by atoms with van der Waals surface area (Å²) in [6.07, 6.45) is 4.41. The Morgan fingerprint density at radius 3 is 3.22 bits per heavy atom. The Morgan fingerprint density at radius 2 is 2.39 bits per heavy atom. The van der Waals surface area contributed by atoms with Gasteiger partial charge in [0, 0.05) is 41.3 Å². The van der Waals surface area contributed by atoms with E-state index >= 15 is 0 Å². The molecular weight excluding hydrogens is 248 g/mol. The van der Waals surface area contributed by atoms with Crippen molar-refractivity contribution in [1.29, 1.82) is 0 Å². The van der Waals surface area contributed by atoms with Crippen molar-refractivity contribution in [2.24, 2.45) is 0 Å². The molecule has 1 atom stereocenters. The number of H-pyrrole nitrogens is 1. The predicted octanol–water partition coefficient (Wildman–Crippen LogP) is 3.09. The average molecular weight is 265 g/mol. The van der Waals surface area contributed by atoms with E-state index in [1.807, 2.05) is 12.1 Å². The second-order valence-corrected chi connectivity index (χ2v) is 5.24. The molecule has 2 aromatic rings. The maximum Gasteiger partial charge on any atom is 0.0619 e. The fraction of sp³-hybridized carbons (Fsp3) is 0.429. The molecule has 0 radical (unpaired) electrons. The molecule has 3 nitrogen and oxygen atoms in total. The number of aromatic nitrogens is 1. The van der Waals surface area contributed by atoms with Gasteiger partial charge >= 0.3 is 0 Å². The fourth-order valence-corrected chi connectivity index (χ4v) is 2.63. The van der Waals surface area contributed by atoms with Crippen LogP contribution in [0.3, 0.4) is 0 Å². The summed E-state index contributed by atoms with van der Waals surface area (Å²) in [5.74, 6) is 0. The number of benzene rings is 1. The van der Waals surface area contributed by atoms with Gasteiger partial charge in [-0.3, -0.25) is 0 Å². The standard InChI is InChI=1S/C14H17ClN2O/c15-11-3-4-13-10(8-17-14(13)6-11)7-16-12-2-1-5-18-9-12/h3-4,6,8,12,16-17H,1-2,5,7,9H2. The maximum atomic E-state index is 5.97. The van der Waals surface area contributed by atoms with Crippen molar-refractivity contribution in [2.45, 2.75) is 25.4 Å². The summed E-state index contributed by atoms with van der Waals surface area (Å²) in [5, 5.41) is 5.56. The minimum atomic E-state index is 0.482. The van der Waals surface area contributed by atoms with E-state index in [2.05, 4.69) is 22.6 Å². The van der Waals surface area contributed by atoms with Crippen LogP contribution in [-0.4, -0.2) is 24.2 Å². The van der Waals surface area contributed by atoms with E-state index in [0.717, 1.165) is 36.7 Å². The van der Waals surface area contributed by atoms with Crippen LogP contribution in [0, 0.1) is 0 Å². The summed E-state index contributed by atoms with van der Waals surface area (Å²) in [4.78, 5) is 3.26. The Hall–Kier alpha value is -1.03. The fourth-order valence-electron chi connectivity index (χ4n) is 2.46. The zero-order valence-corrected chi connectivity index (χ0v) is 11.0. The molecule has 0 spiro atoms. The highest BCUT2D eigenvalue weighted by atomic mass is 35.5. The average Bonchev–Trinajstić information content (AvgIpc) is 2.80. The van der Waals surface area contributed by atoms with Gasteiger partial charge in [0.15, 0.2) is 0 Å². The lowest BCUT2D eigenvalue weighted by molar-refractivity contribution is 0.0700. The molecule has 1 aromatic carbocycles.